The van der Waals surface area contributed by atoms with E-state index in [4.69, 9.17) is 4.74 Å². The third kappa shape index (κ3) is 5.57. The first kappa shape index (κ1) is 26.5. The maximum atomic E-state index is 14.8. The summed E-state index contributed by atoms with van der Waals surface area (Å²) < 4.78 is 123. The van der Waals surface area contributed by atoms with E-state index >= 15 is 0 Å². The van der Waals surface area contributed by atoms with Crippen LogP contribution in [-0.4, -0.2) is 0 Å². The average Bonchev–Trinajstić information content (AvgIpc) is 2.82. The van der Waals surface area contributed by atoms with Crippen LogP contribution in [0.4, 0.5) is 35.1 Å². The molecule has 4 rings (SSSR count). The SMILES string of the molecule is CCCC1=COC(c2ccc(C(F)(F)Oc3cc(F)c(-c4cc(F)c(F)c(F)c4)c(F)c3)c(F)c2)CC1. The number of hydrogen-bond acceptors (Lipinski definition) is 2. The molecule has 0 spiro atoms. The van der Waals surface area contributed by atoms with Crippen molar-refractivity contribution in [1.82, 2.24) is 0 Å². The molecule has 37 heavy (non-hydrogen) atoms. The van der Waals surface area contributed by atoms with Crippen LogP contribution in [0, 0.1) is 34.9 Å². The molecule has 1 aliphatic heterocycles. The minimum absolute atomic E-state index is 0.337. The lowest BCUT2D eigenvalue weighted by Gasteiger charge is -2.24. The van der Waals surface area contributed by atoms with E-state index in [0.29, 0.717) is 36.2 Å². The fourth-order valence-electron chi connectivity index (χ4n) is 4.13. The summed E-state index contributed by atoms with van der Waals surface area (Å²) in [5.74, 6) is -10.6. The number of allylic oxidation sites excluding steroid dienone is 1. The molecule has 1 heterocycles. The molecule has 0 aromatic heterocycles. The number of alkyl halides is 2. The lowest BCUT2D eigenvalue weighted by atomic mass is 9.96. The Morgan fingerprint density at radius 3 is 2.05 bits per heavy atom. The second-order valence-corrected chi connectivity index (χ2v) is 8.56. The van der Waals surface area contributed by atoms with Gasteiger partial charge in [-0.3, -0.25) is 0 Å². The molecule has 0 saturated heterocycles. The first-order valence-corrected chi connectivity index (χ1v) is 11.3. The average molecular weight is 528 g/mol. The number of ether oxygens (including phenoxy) is 2. The van der Waals surface area contributed by atoms with Crippen molar-refractivity contribution in [2.24, 2.45) is 0 Å². The highest BCUT2D eigenvalue weighted by Crippen LogP contribution is 2.38. The Hall–Kier alpha value is -3.56. The minimum Gasteiger partial charge on any atom is -0.493 e. The Morgan fingerprint density at radius 2 is 1.51 bits per heavy atom. The summed E-state index contributed by atoms with van der Waals surface area (Å²) in [5.41, 5.74) is -1.43. The lowest BCUT2D eigenvalue weighted by Crippen LogP contribution is -2.24. The van der Waals surface area contributed by atoms with Gasteiger partial charge < -0.3 is 9.47 Å². The van der Waals surface area contributed by atoms with Gasteiger partial charge in [-0.1, -0.05) is 19.4 Å². The van der Waals surface area contributed by atoms with E-state index in [9.17, 15) is 35.1 Å². The lowest BCUT2D eigenvalue weighted by molar-refractivity contribution is -0.187. The van der Waals surface area contributed by atoms with Gasteiger partial charge in [-0.05, 0) is 60.2 Å². The quantitative estimate of drug-likeness (QED) is 0.225. The molecular formula is C27H20F8O2. The molecule has 196 valence electrons. The summed E-state index contributed by atoms with van der Waals surface area (Å²) in [7, 11) is 0. The maximum absolute atomic E-state index is 14.8. The molecule has 2 nitrogen and oxygen atoms in total. The number of hydrogen-bond donors (Lipinski definition) is 0. The van der Waals surface area contributed by atoms with Gasteiger partial charge in [0, 0.05) is 12.1 Å². The summed E-state index contributed by atoms with van der Waals surface area (Å²) in [4.78, 5) is 0. The molecule has 3 aromatic carbocycles. The van der Waals surface area contributed by atoms with Gasteiger partial charge in [0.1, 0.15) is 29.3 Å². The molecule has 0 saturated carbocycles. The van der Waals surface area contributed by atoms with Crippen LogP contribution >= 0.6 is 0 Å². The Kier molecular flexibility index (Phi) is 7.47. The van der Waals surface area contributed by atoms with E-state index in [-0.39, 0.29) is 0 Å². The second-order valence-electron chi connectivity index (χ2n) is 8.56. The van der Waals surface area contributed by atoms with Crippen LogP contribution in [0.15, 0.2) is 54.3 Å². The van der Waals surface area contributed by atoms with Crippen molar-refractivity contribution >= 4 is 0 Å². The zero-order valence-electron chi connectivity index (χ0n) is 19.4. The number of rotatable bonds is 7. The number of halogens is 8. The summed E-state index contributed by atoms with van der Waals surface area (Å²) in [6.45, 7) is 2.02. The van der Waals surface area contributed by atoms with Crippen molar-refractivity contribution in [2.75, 3.05) is 0 Å². The third-order valence-electron chi connectivity index (χ3n) is 5.91. The van der Waals surface area contributed by atoms with E-state index in [2.05, 4.69) is 4.74 Å². The van der Waals surface area contributed by atoms with Crippen LogP contribution < -0.4 is 4.74 Å². The molecule has 0 N–H and O–H groups in total. The molecule has 1 unspecified atom stereocenters. The van der Waals surface area contributed by atoms with E-state index in [1.165, 1.54) is 6.07 Å². The van der Waals surface area contributed by atoms with E-state index < -0.39 is 69.6 Å². The molecule has 0 amide bonds. The monoisotopic (exact) mass is 528 g/mol. The van der Waals surface area contributed by atoms with Crippen LogP contribution in [0.2, 0.25) is 0 Å². The molecule has 0 aliphatic carbocycles. The van der Waals surface area contributed by atoms with Gasteiger partial charge in [0.25, 0.3) is 0 Å². The maximum Gasteiger partial charge on any atom is 0.429 e. The molecule has 10 heteroatoms. The number of benzene rings is 3. The fourth-order valence-corrected chi connectivity index (χ4v) is 4.13. The Balaban J connectivity index is 1.56. The molecule has 1 aliphatic rings. The smallest absolute Gasteiger partial charge is 0.429 e. The van der Waals surface area contributed by atoms with Crippen LogP contribution in [0.3, 0.4) is 0 Å². The normalized spacial score (nSPS) is 15.8. The summed E-state index contributed by atoms with van der Waals surface area (Å²) in [5, 5.41) is 0. The van der Waals surface area contributed by atoms with E-state index in [0.717, 1.165) is 37.0 Å². The minimum atomic E-state index is -4.33. The van der Waals surface area contributed by atoms with Crippen molar-refractivity contribution in [2.45, 2.75) is 44.8 Å². The zero-order valence-corrected chi connectivity index (χ0v) is 19.4. The van der Waals surface area contributed by atoms with Gasteiger partial charge in [-0.2, -0.15) is 8.78 Å². The van der Waals surface area contributed by atoms with Crippen LogP contribution in [0.25, 0.3) is 11.1 Å². The molecule has 0 radical (unpaired) electrons. The highest BCUT2D eigenvalue weighted by molar-refractivity contribution is 5.66. The fraction of sp³-hybridized carbons (Fsp3) is 0.259. The third-order valence-corrected chi connectivity index (χ3v) is 5.91. The first-order chi connectivity index (χ1) is 17.5. The van der Waals surface area contributed by atoms with Gasteiger partial charge in [-0.15, -0.1) is 0 Å². The zero-order chi connectivity index (χ0) is 26.9. The van der Waals surface area contributed by atoms with Crippen molar-refractivity contribution < 1.29 is 44.6 Å². The Morgan fingerprint density at radius 1 is 0.865 bits per heavy atom. The molecule has 0 bridgehead atoms. The molecule has 3 aromatic rings. The predicted octanol–water partition coefficient (Wildman–Crippen LogP) is 8.85. The highest BCUT2D eigenvalue weighted by atomic mass is 19.3. The summed E-state index contributed by atoms with van der Waals surface area (Å²) in [6, 6.07) is 4.32. The van der Waals surface area contributed by atoms with E-state index in [1.807, 2.05) is 6.92 Å². The Labute approximate surface area is 207 Å². The standard InChI is InChI=1S/C27H20F8O2/c1-2-3-14-4-7-24(36-13-14)15-5-6-18(19(28)8-15)27(34,35)37-17-11-20(29)25(21(30)12-17)16-9-22(31)26(33)23(32)10-16/h5-6,8-13,24H,2-4,7H2,1H3. The van der Waals surface area contributed by atoms with Crippen molar-refractivity contribution in [1.29, 1.82) is 0 Å². The van der Waals surface area contributed by atoms with Crippen molar-refractivity contribution in [3.8, 4) is 16.9 Å². The molecule has 0 fully saturated rings. The van der Waals surface area contributed by atoms with Gasteiger partial charge in [0.15, 0.2) is 17.5 Å². The topological polar surface area (TPSA) is 18.5 Å². The molecular weight excluding hydrogens is 508 g/mol. The van der Waals surface area contributed by atoms with Gasteiger partial charge >= 0.3 is 6.11 Å². The van der Waals surface area contributed by atoms with Crippen LogP contribution in [-0.2, 0) is 10.8 Å². The molecule has 1 atom stereocenters. The van der Waals surface area contributed by atoms with Gasteiger partial charge in [0.05, 0.1) is 17.4 Å². The largest absolute Gasteiger partial charge is 0.493 e. The Bertz CT molecular complexity index is 1310. The summed E-state index contributed by atoms with van der Waals surface area (Å²) in [6.07, 6.45) is -0.172. The van der Waals surface area contributed by atoms with Crippen LogP contribution in [0.5, 0.6) is 5.75 Å². The van der Waals surface area contributed by atoms with Crippen LogP contribution in [0.1, 0.15) is 49.8 Å². The predicted molar refractivity (Wildman–Crippen MR) is 119 cm³/mol. The van der Waals surface area contributed by atoms with Gasteiger partial charge in [-0.25, -0.2) is 26.3 Å². The van der Waals surface area contributed by atoms with E-state index in [1.54, 1.807) is 6.26 Å². The second kappa shape index (κ2) is 10.4. The first-order valence-electron chi connectivity index (χ1n) is 11.3. The van der Waals surface area contributed by atoms with Crippen molar-refractivity contribution in [3.05, 3.63) is 100 Å². The summed E-state index contributed by atoms with van der Waals surface area (Å²) >= 11 is 0. The van der Waals surface area contributed by atoms with Crippen molar-refractivity contribution in [3.63, 3.8) is 0 Å². The van der Waals surface area contributed by atoms with Gasteiger partial charge in [0.2, 0.25) is 0 Å². The highest BCUT2D eigenvalue weighted by Gasteiger charge is 2.38.